The summed E-state index contributed by atoms with van der Waals surface area (Å²) in [6, 6.07) is 9.29. The van der Waals surface area contributed by atoms with Crippen molar-refractivity contribution in [3.63, 3.8) is 0 Å². The Morgan fingerprint density at radius 1 is 1.32 bits per heavy atom. The molecule has 1 aromatic carbocycles. The molecule has 1 aromatic rings. The van der Waals surface area contributed by atoms with Crippen molar-refractivity contribution < 1.29 is 4.74 Å². The zero-order valence-corrected chi connectivity index (χ0v) is 12.9. The second-order valence-electron chi connectivity index (χ2n) is 6.52. The highest BCUT2D eigenvalue weighted by Gasteiger charge is 2.33. The largest absolute Gasteiger partial charge is 0.370 e. The highest BCUT2D eigenvalue weighted by atomic mass is 16.5. The van der Waals surface area contributed by atoms with Crippen LogP contribution in [0.4, 0.5) is 0 Å². The predicted molar refractivity (Wildman–Crippen MR) is 80.5 cm³/mol. The quantitative estimate of drug-likeness (QED) is 0.887. The van der Waals surface area contributed by atoms with Crippen molar-refractivity contribution in [2.24, 2.45) is 0 Å². The molecule has 3 atom stereocenters. The number of nitrogens with one attached hydrogen (secondary N) is 1. The Kier molecular flexibility index (Phi) is 4.32. The van der Waals surface area contributed by atoms with Gasteiger partial charge in [-0.3, -0.25) is 0 Å². The van der Waals surface area contributed by atoms with Crippen molar-refractivity contribution in [3.05, 3.63) is 35.4 Å². The summed E-state index contributed by atoms with van der Waals surface area (Å²) in [6.45, 7) is 11.8. The highest BCUT2D eigenvalue weighted by Crippen LogP contribution is 2.29. The maximum atomic E-state index is 6.06. The van der Waals surface area contributed by atoms with E-state index in [0.717, 1.165) is 6.61 Å². The lowest BCUT2D eigenvalue weighted by molar-refractivity contribution is -0.0495. The molecule has 2 rings (SSSR count). The van der Waals surface area contributed by atoms with E-state index >= 15 is 0 Å². The van der Waals surface area contributed by atoms with E-state index in [4.69, 9.17) is 4.74 Å². The van der Waals surface area contributed by atoms with Gasteiger partial charge < -0.3 is 10.1 Å². The monoisotopic (exact) mass is 261 g/mol. The van der Waals surface area contributed by atoms with Gasteiger partial charge in [0, 0.05) is 11.6 Å². The van der Waals surface area contributed by atoms with Gasteiger partial charge in [-0.25, -0.2) is 0 Å². The van der Waals surface area contributed by atoms with Gasteiger partial charge in [0.15, 0.2) is 0 Å². The summed E-state index contributed by atoms with van der Waals surface area (Å²) in [5, 5.41) is 3.63. The first-order valence-corrected chi connectivity index (χ1v) is 7.42. The van der Waals surface area contributed by atoms with Gasteiger partial charge in [-0.1, -0.05) is 38.1 Å². The van der Waals surface area contributed by atoms with Crippen LogP contribution in [0.25, 0.3) is 0 Å². The Bertz CT molecular complexity index is 410. The van der Waals surface area contributed by atoms with Gasteiger partial charge in [0.25, 0.3) is 0 Å². The zero-order valence-electron chi connectivity index (χ0n) is 12.9. The first-order valence-electron chi connectivity index (χ1n) is 7.42. The molecule has 1 fully saturated rings. The third kappa shape index (κ3) is 3.37. The number of hydrogen-bond donors (Lipinski definition) is 1. The average molecular weight is 261 g/mol. The van der Waals surface area contributed by atoms with Gasteiger partial charge in [-0.2, -0.15) is 0 Å². The molecule has 2 heteroatoms. The van der Waals surface area contributed by atoms with Crippen molar-refractivity contribution >= 4 is 0 Å². The Balaban J connectivity index is 2.10. The number of benzene rings is 1. The molecule has 1 N–H and O–H groups in total. The summed E-state index contributed by atoms with van der Waals surface area (Å²) in [4.78, 5) is 0. The maximum Gasteiger partial charge on any atom is 0.0976 e. The minimum Gasteiger partial charge on any atom is -0.370 e. The topological polar surface area (TPSA) is 21.3 Å². The van der Waals surface area contributed by atoms with Crippen LogP contribution >= 0.6 is 0 Å². The minimum absolute atomic E-state index is 0.0760. The first kappa shape index (κ1) is 14.5. The van der Waals surface area contributed by atoms with Gasteiger partial charge in [0.05, 0.1) is 12.7 Å². The van der Waals surface area contributed by atoms with E-state index in [2.05, 4.69) is 64.2 Å². The van der Waals surface area contributed by atoms with Crippen LogP contribution in [0.1, 0.15) is 64.2 Å². The van der Waals surface area contributed by atoms with Crippen LogP contribution in [0.5, 0.6) is 0 Å². The molecule has 0 aromatic heterocycles. The van der Waals surface area contributed by atoms with E-state index in [1.807, 2.05) is 0 Å². The number of ether oxygens (including phenoxy) is 1. The van der Waals surface area contributed by atoms with E-state index in [-0.39, 0.29) is 11.6 Å². The fraction of sp³-hybridized carbons (Fsp3) is 0.647. The van der Waals surface area contributed by atoms with Crippen LogP contribution in [0, 0.1) is 0 Å². The Morgan fingerprint density at radius 2 is 1.95 bits per heavy atom. The maximum absolute atomic E-state index is 6.06. The Hall–Kier alpha value is -0.860. The average Bonchev–Trinajstić information content (AvgIpc) is 2.37. The molecule has 19 heavy (non-hydrogen) atoms. The third-order valence-electron chi connectivity index (χ3n) is 4.14. The van der Waals surface area contributed by atoms with Gasteiger partial charge in [-0.15, -0.1) is 0 Å². The predicted octanol–water partition coefficient (Wildman–Crippen LogP) is 4.03. The first-order chi connectivity index (χ1) is 8.93. The van der Waals surface area contributed by atoms with Crippen LogP contribution in [0.2, 0.25) is 0 Å². The van der Waals surface area contributed by atoms with Gasteiger partial charge >= 0.3 is 0 Å². The molecule has 3 unspecified atom stereocenters. The van der Waals surface area contributed by atoms with Gasteiger partial charge in [0.1, 0.15) is 0 Å². The molecule has 0 saturated carbocycles. The molecular formula is C17H27NO. The van der Waals surface area contributed by atoms with E-state index in [1.165, 1.54) is 17.5 Å². The van der Waals surface area contributed by atoms with Crippen molar-refractivity contribution in [1.29, 1.82) is 0 Å². The molecule has 2 nitrogen and oxygen atoms in total. The Morgan fingerprint density at radius 3 is 2.47 bits per heavy atom. The fourth-order valence-electron chi connectivity index (χ4n) is 2.81. The molecule has 0 bridgehead atoms. The fourth-order valence-corrected chi connectivity index (χ4v) is 2.81. The highest BCUT2D eigenvalue weighted by molar-refractivity contribution is 5.27. The summed E-state index contributed by atoms with van der Waals surface area (Å²) in [5.41, 5.74) is 2.78. The summed E-state index contributed by atoms with van der Waals surface area (Å²) in [5.74, 6) is 0.635. The van der Waals surface area contributed by atoms with Gasteiger partial charge in [0.2, 0.25) is 0 Å². The number of morpholine rings is 1. The summed E-state index contributed by atoms with van der Waals surface area (Å²) in [6.07, 6.45) is 1.35. The molecule has 0 aliphatic carbocycles. The van der Waals surface area contributed by atoms with Gasteiger partial charge in [-0.05, 0) is 44.2 Å². The Labute approximate surface area is 117 Å². The minimum atomic E-state index is 0.0760. The van der Waals surface area contributed by atoms with E-state index in [0.29, 0.717) is 12.0 Å². The van der Waals surface area contributed by atoms with E-state index < -0.39 is 0 Å². The lowest BCUT2D eigenvalue weighted by Gasteiger charge is -2.41. The van der Waals surface area contributed by atoms with E-state index in [1.54, 1.807) is 0 Å². The van der Waals surface area contributed by atoms with Crippen LogP contribution in [-0.2, 0) is 4.74 Å². The number of hydrogen-bond acceptors (Lipinski definition) is 2. The third-order valence-corrected chi connectivity index (χ3v) is 4.14. The van der Waals surface area contributed by atoms with Crippen LogP contribution in [-0.4, -0.2) is 18.2 Å². The number of rotatable bonds is 3. The van der Waals surface area contributed by atoms with Crippen molar-refractivity contribution in [3.8, 4) is 0 Å². The second kappa shape index (κ2) is 5.64. The second-order valence-corrected chi connectivity index (χ2v) is 6.52. The summed E-state index contributed by atoms with van der Waals surface area (Å²) >= 11 is 0. The molecule has 1 saturated heterocycles. The molecule has 1 aliphatic heterocycles. The van der Waals surface area contributed by atoms with Crippen molar-refractivity contribution in [2.75, 3.05) is 6.61 Å². The summed E-state index contributed by atoms with van der Waals surface area (Å²) in [7, 11) is 0. The molecule has 0 spiro atoms. The molecule has 106 valence electrons. The smallest absolute Gasteiger partial charge is 0.0976 e. The van der Waals surface area contributed by atoms with Crippen LogP contribution in [0.15, 0.2) is 24.3 Å². The standard InChI is InChI=1S/C17H27NO/c1-6-12(2)14-7-9-15(10-8-14)16-13(3)18-17(4,5)11-19-16/h7-10,12-13,16,18H,6,11H2,1-5H3. The van der Waals surface area contributed by atoms with Crippen LogP contribution < -0.4 is 5.32 Å². The molecule has 0 amide bonds. The van der Waals surface area contributed by atoms with Crippen molar-refractivity contribution in [1.82, 2.24) is 5.32 Å². The van der Waals surface area contributed by atoms with Crippen LogP contribution in [0.3, 0.4) is 0 Å². The summed E-state index contributed by atoms with van der Waals surface area (Å²) < 4.78 is 6.06. The molecule has 1 aliphatic rings. The lowest BCUT2D eigenvalue weighted by Crippen LogP contribution is -2.55. The van der Waals surface area contributed by atoms with Crippen molar-refractivity contribution in [2.45, 2.75) is 64.6 Å². The zero-order chi connectivity index (χ0) is 14.0. The SMILES string of the molecule is CCC(C)c1ccc(C2OCC(C)(C)NC2C)cc1. The van der Waals surface area contributed by atoms with E-state index in [9.17, 15) is 0 Å². The normalized spacial score (nSPS) is 28.1. The molecular weight excluding hydrogens is 234 g/mol. The molecule has 0 radical (unpaired) electrons. The lowest BCUT2D eigenvalue weighted by atomic mass is 9.93. The molecule has 1 heterocycles.